The largest absolute Gasteiger partial charge is 0.461 e. The molecule has 0 amide bonds. The summed E-state index contributed by atoms with van der Waals surface area (Å²) in [7, 11) is 0. The van der Waals surface area contributed by atoms with Gasteiger partial charge in [-0.05, 0) is 43.0 Å². The third-order valence-electron chi connectivity index (χ3n) is 4.12. The lowest BCUT2D eigenvalue weighted by Gasteiger charge is -2.20. The highest BCUT2D eigenvalue weighted by Crippen LogP contribution is 2.34. The zero-order valence-corrected chi connectivity index (χ0v) is 13.4. The highest BCUT2D eigenvalue weighted by molar-refractivity contribution is 5.76. The van der Waals surface area contributed by atoms with Gasteiger partial charge < -0.3 is 4.74 Å². The number of rotatable bonds is 2. The standard InChI is InChI=1S/C20H22O2/c1-20(2,3)19(21)22-16-12-15-10-7-11-17(18(15)13-16)14-8-5-4-6-9-14/h4-11,16H,12-13H2,1-3H3. The van der Waals surface area contributed by atoms with Gasteiger partial charge in [0.05, 0.1) is 5.41 Å². The summed E-state index contributed by atoms with van der Waals surface area (Å²) >= 11 is 0. The molecule has 2 aromatic rings. The predicted molar refractivity (Wildman–Crippen MR) is 88.6 cm³/mol. The van der Waals surface area contributed by atoms with Gasteiger partial charge in [-0.1, -0.05) is 48.5 Å². The van der Waals surface area contributed by atoms with E-state index in [1.54, 1.807) is 0 Å². The quantitative estimate of drug-likeness (QED) is 0.767. The minimum atomic E-state index is -0.447. The van der Waals surface area contributed by atoms with Crippen molar-refractivity contribution in [3.8, 4) is 11.1 Å². The summed E-state index contributed by atoms with van der Waals surface area (Å²) in [5, 5.41) is 0. The van der Waals surface area contributed by atoms with Crippen LogP contribution in [0, 0.1) is 5.41 Å². The maximum absolute atomic E-state index is 12.1. The lowest BCUT2D eigenvalue weighted by Crippen LogP contribution is -2.28. The first-order valence-electron chi connectivity index (χ1n) is 7.82. The van der Waals surface area contributed by atoms with Crippen LogP contribution in [-0.2, 0) is 22.4 Å². The second-order valence-corrected chi connectivity index (χ2v) is 6.99. The van der Waals surface area contributed by atoms with Crippen LogP contribution in [0.3, 0.4) is 0 Å². The number of carbonyl (C=O) groups excluding carboxylic acids is 1. The molecule has 2 nitrogen and oxygen atoms in total. The predicted octanol–water partition coefficient (Wildman–Crippen LogP) is 4.41. The molecule has 0 aliphatic heterocycles. The number of fused-ring (bicyclic) bond motifs is 1. The van der Waals surface area contributed by atoms with Crippen molar-refractivity contribution in [2.45, 2.75) is 39.7 Å². The molecule has 3 rings (SSSR count). The number of ether oxygens (including phenoxy) is 1. The van der Waals surface area contributed by atoms with Gasteiger partial charge in [-0.3, -0.25) is 4.79 Å². The average Bonchev–Trinajstić information content (AvgIpc) is 2.89. The molecule has 0 aromatic heterocycles. The Morgan fingerprint density at radius 1 is 1.00 bits per heavy atom. The van der Waals surface area contributed by atoms with E-state index in [0.717, 1.165) is 12.8 Å². The molecule has 2 aromatic carbocycles. The van der Waals surface area contributed by atoms with Crippen molar-refractivity contribution in [3.63, 3.8) is 0 Å². The highest BCUT2D eigenvalue weighted by atomic mass is 16.5. The van der Waals surface area contributed by atoms with Crippen molar-refractivity contribution < 1.29 is 9.53 Å². The van der Waals surface area contributed by atoms with E-state index in [1.165, 1.54) is 22.3 Å². The van der Waals surface area contributed by atoms with Gasteiger partial charge in [-0.25, -0.2) is 0 Å². The molecule has 0 bridgehead atoms. The minimum Gasteiger partial charge on any atom is -0.461 e. The van der Waals surface area contributed by atoms with Crippen LogP contribution in [-0.4, -0.2) is 12.1 Å². The van der Waals surface area contributed by atoms with Gasteiger partial charge in [0.25, 0.3) is 0 Å². The lowest BCUT2D eigenvalue weighted by atomic mass is 9.97. The van der Waals surface area contributed by atoms with Crippen LogP contribution in [0.4, 0.5) is 0 Å². The molecule has 1 unspecified atom stereocenters. The molecule has 0 saturated carbocycles. The van der Waals surface area contributed by atoms with Crippen LogP contribution in [0.25, 0.3) is 11.1 Å². The van der Waals surface area contributed by atoms with E-state index < -0.39 is 5.41 Å². The maximum atomic E-state index is 12.1. The summed E-state index contributed by atoms with van der Waals surface area (Å²) < 4.78 is 5.71. The summed E-state index contributed by atoms with van der Waals surface area (Å²) in [5.74, 6) is -0.119. The Balaban J connectivity index is 1.84. The molecule has 2 heteroatoms. The second-order valence-electron chi connectivity index (χ2n) is 6.99. The number of benzene rings is 2. The number of hydrogen-bond donors (Lipinski definition) is 0. The minimum absolute atomic E-state index is 0.0356. The van der Waals surface area contributed by atoms with Gasteiger partial charge in [-0.15, -0.1) is 0 Å². The molecule has 1 aliphatic carbocycles. The van der Waals surface area contributed by atoms with Gasteiger partial charge in [0.2, 0.25) is 0 Å². The van der Waals surface area contributed by atoms with E-state index in [1.807, 2.05) is 26.8 Å². The molecular formula is C20H22O2. The fourth-order valence-electron chi connectivity index (χ4n) is 2.91. The molecule has 0 saturated heterocycles. The van der Waals surface area contributed by atoms with Crippen molar-refractivity contribution >= 4 is 5.97 Å². The van der Waals surface area contributed by atoms with Crippen molar-refractivity contribution in [1.29, 1.82) is 0 Å². The monoisotopic (exact) mass is 294 g/mol. The molecule has 114 valence electrons. The smallest absolute Gasteiger partial charge is 0.311 e. The Bertz CT molecular complexity index is 681. The summed E-state index contributed by atoms with van der Waals surface area (Å²) in [6.45, 7) is 5.69. The first kappa shape index (κ1) is 14.8. The highest BCUT2D eigenvalue weighted by Gasteiger charge is 2.31. The van der Waals surface area contributed by atoms with Gasteiger partial charge in [0.15, 0.2) is 0 Å². The second kappa shape index (κ2) is 5.60. The van der Waals surface area contributed by atoms with E-state index >= 15 is 0 Å². The molecule has 22 heavy (non-hydrogen) atoms. The third-order valence-corrected chi connectivity index (χ3v) is 4.12. The van der Waals surface area contributed by atoms with E-state index in [2.05, 4.69) is 42.5 Å². The maximum Gasteiger partial charge on any atom is 0.311 e. The zero-order valence-electron chi connectivity index (χ0n) is 13.4. The SMILES string of the molecule is CC(C)(C)C(=O)OC1Cc2cccc(-c3ccccc3)c2C1. The van der Waals surface area contributed by atoms with Gasteiger partial charge in [0.1, 0.15) is 6.10 Å². The number of esters is 1. The molecule has 0 fully saturated rings. The van der Waals surface area contributed by atoms with E-state index in [0.29, 0.717) is 0 Å². The van der Waals surface area contributed by atoms with Gasteiger partial charge in [0, 0.05) is 12.8 Å². The fraction of sp³-hybridized carbons (Fsp3) is 0.350. The summed E-state index contributed by atoms with van der Waals surface area (Å²) in [6, 6.07) is 16.8. The van der Waals surface area contributed by atoms with Gasteiger partial charge in [-0.2, -0.15) is 0 Å². The Morgan fingerprint density at radius 2 is 1.73 bits per heavy atom. The molecule has 0 spiro atoms. The van der Waals surface area contributed by atoms with Crippen LogP contribution in [0.2, 0.25) is 0 Å². The molecule has 0 radical (unpaired) electrons. The first-order chi connectivity index (χ1) is 10.4. The zero-order chi connectivity index (χ0) is 15.7. The van der Waals surface area contributed by atoms with E-state index in [-0.39, 0.29) is 12.1 Å². The lowest BCUT2D eigenvalue weighted by molar-refractivity contribution is -0.158. The summed E-state index contributed by atoms with van der Waals surface area (Å²) in [4.78, 5) is 12.1. The Hall–Kier alpha value is -2.09. The molecular weight excluding hydrogens is 272 g/mol. The number of hydrogen-bond acceptors (Lipinski definition) is 2. The molecule has 0 N–H and O–H groups in total. The Morgan fingerprint density at radius 3 is 2.41 bits per heavy atom. The van der Waals surface area contributed by atoms with Crippen molar-refractivity contribution in [1.82, 2.24) is 0 Å². The fourth-order valence-corrected chi connectivity index (χ4v) is 2.91. The molecule has 0 heterocycles. The van der Waals surface area contributed by atoms with Crippen molar-refractivity contribution in [3.05, 3.63) is 59.7 Å². The Labute approximate surface area is 132 Å². The molecule has 1 atom stereocenters. The number of carbonyl (C=O) groups is 1. The third kappa shape index (κ3) is 2.92. The van der Waals surface area contributed by atoms with Crippen LogP contribution >= 0.6 is 0 Å². The van der Waals surface area contributed by atoms with Crippen LogP contribution < -0.4 is 0 Å². The van der Waals surface area contributed by atoms with Crippen molar-refractivity contribution in [2.75, 3.05) is 0 Å². The average molecular weight is 294 g/mol. The Kier molecular flexibility index (Phi) is 3.78. The summed E-state index contributed by atoms with van der Waals surface area (Å²) in [6.07, 6.45) is 1.59. The van der Waals surface area contributed by atoms with Crippen molar-refractivity contribution in [2.24, 2.45) is 5.41 Å². The topological polar surface area (TPSA) is 26.3 Å². The van der Waals surface area contributed by atoms with Gasteiger partial charge >= 0.3 is 5.97 Å². The van der Waals surface area contributed by atoms with Crippen LogP contribution in [0.15, 0.2) is 48.5 Å². The van der Waals surface area contributed by atoms with E-state index in [4.69, 9.17) is 4.74 Å². The summed E-state index contributed by atoms with van der Waals surface area (Å²) in [5.41, 5.74) is 4.65. The first-order valence-corrected chi connectivity index (χ1v) is 7.82. The van der Waals surface area contributed by atoms with E-state index in [9.17, 15) is 4.79 Å². The van der Waals surface area contributed by atoms with Crippen LogP contribution in [0.1, 0.15) is 31.9 Å². The normalized spacial score (nSPS) is 17.1. The van der Waals surface area contributed by atoms with Crippen LogP contribution in [0.5, 0.6) is 0 Å². The molecule has 1 aliphatic rings.